The lowest BCUT2D eigenvalue weighted by Crippen LogP contribution is -2.15. The van der Waals surface area contributed by atoms with Gasteiger partial charge in [0.1, 0.15) is 5.25 Å². The zero-order chi connectivity index (χ0) is 12.0. The minimum absolute atomic E-state index is 0.0161. The Balaban J connectivity index is 2.65. The summed E-state index contributed by atoms with van der Waals surface area (Å²) in [4.78, 5) is 11.9. The molecule has 0 aliphatic carbocycles. The molecule has 1 aromatic rings. The minimum Gasteiger partial charge on any atom is -0.480 e. The summed E-state index contributed by atoms with van der Waals surface area (Å²) in [5.41, 5.74) is 0.840. The lowest BCUT2D eigenvalue weighted by atomic mass is 10.2. The van der Waals surface area contributed by atoms with Crippen LogP contribution in [-0.2, 0) is 11.4 Å². The zero-order valence-electron chi connectivity index (χ0n) is 9.22. The highest BCUT2D eigenvalue weighted by Gasteiger charge is 2.17. The predicted molar refractivity (Wildman–Crippen MR) is 64.6 cm³/mol. The average molecular weight is 240 g/mol. The fourth-order valence-electron chi connectivity index (χ4n) is 1.33. The molecule has 0 spiro atoms. The van der Waals surface area contributed by atoms with Crippen molar-refractivity contribution in [1.29, 1.82) is 0 Å². The Morgan fingerprint density at radius 2 is 2.00 bits per heavy atom. The van der Waals surface area contributed by atoms with Gasteiger partial charge in [0.25, 0.3) is 0 Å². The first kappa shape index (κ1) is 13.1. The number of rotatable bonds is 6. The molecule has 0 aliphatic heterocycles. The monoisotopic (exact) mass is 240 g/mol. The van der Waals surface area contributed by atoms with Crippen molar-refractivity contribution in [2.45, 2.75) is 36.5 Å². The number of benzene rings is 1. The van der Waals surface area contributed by atoms with E-state index in [0.717, 1.165) is 16.9 Å². The molecule has 1 rings (SSSR count). The van der Waals surface area contributed by atoms with Crippen molar-refractivity contribution in [1.82, 2.24) is 0 Å². The van der Waals surface area contributed by atoms with E-state index in [1.54, 1.807) is 0 Å². The zero-order valence-corrected chi connectivity index (χ0v) is 10.0. The second-order valence-corrected chi connectivity index (χ2v) is 4.81. The first-order valence-electron chi connectivity index (χ1n) is 5.26. The fourth-order valence-corrected chi connectivity index (χ4v) is 2.41. The normalized spacial score (nSPS) is 12.4. The molecule has 0 bridgehead atoms. The van der Waals surface area contributed by atoms with E-state index >= 15 is 0 Å². The molecule has 1 aromatic carbocycles. The SMILES string of the molecule is CCCC(Sc1ccc(CO)cc1)C(=O)O. The van der Waals surface area contributed by atoms with Gasteiger partial charge in [-0.3, -0.25) is 4.79 Å². The van der Waals surface area contributed by atoms with Crippen molar-refractivity contribution >= 4 is 17.7 Å². The maximum absolute atomic E-state index is 11.0. The van der Waals surface area contributed by atoms with E-state index in [0.29, 0.717) is 6.42 Å². The summed E-state index contributed by atoms with van der Waals surface area (Å²) in [6.45, 7) is 1.99. The molecule has 0 heterocycles. The van der Waals surface area contributed by atoms with Crippen LogP contribution < -0.4 is 0 Å². The van der Waals surface area contributed by atoms with Crippen LogP contribution in [0.25, 0.3) is 0 Å². The molecule has 16 heavy (non-hydrogen) atoms. The largest absolute Gasteiger partial charge is 0.480 e. The van der Waals surface area contributed by atoms with Crippen LogP contribution in [0.1, 0.15) is 25.3 Å². The van der Waals surface area contributed by atoms with Crippen LogP contribution >= 0.6 is 11.8 Å². The Morgan fingerprint density at radius 1 is 1.38 bits per heavy atom. The summed E-state index contributed by atoms with van der Waals surface area (Å²) in [5.74, 6) is -0.766. The lowest BCUT2D eigenvalue weighted by Gasteiger charge is -2.10. The van der Waals surface area contributed by atoms with Crippen molar-refractivity contribution in [2.24, 2.45) is 0 Å². The van der Waals surface area contributed by atoms with E-state index < -0.39 is 5.97 Å². The number of aliphatic carboxylic acids is 1. The van der Waals surface area contributed by atoms with E-state index in [1.165, 1.54) is 11.8 Å². The van der Waals surface area contributed by atoms with Gasteiger partial charge in [0.15, 0.2) is 0 Å². The molecule has 0 radical (unpaired) electrons. The smallest absolute Gasteiger partial charge is 0.316 e. The van der Waals surface area contributed by atoms with Crippen molar-refractivity contribution in [3.8, 4) is 0 Å². The third-order valence-corrected chi connectivity index (χ3v) is 3.48. The van der Waals surface area contributed by atoms with E-state index in [-0.39, 0.29) is 11.9 Å². The van der Waals surface area contributed by atoms with Gasteiger partial charge in [0, 0.05) is 4.90 Å². The van der Waals surface area contributed by atoms with Crippen LogP contribution in [-0.4, -0.2) is 21.4 Å². The predicted octanol–water partition coefficient (Wildman–Crippen LogP) is 2.52. The molecule has 0 amide bonds. The molecule has 88 valence electrons. The fraction of sp³-hybridized carbons (Fsp3) is 0.417. The average Bonchev–Trinajstić information content (AvgIpc) is 2.29. The molecule has 0 saturated heterocycles. The van der Waals surface area contributed by atoms with E-state index in [4.69, 9.17) is 10.2 Å². The molecule has 0 saturated carbocycles. The Bertz CT molecular complexity index is 335. The highest BCUT2D eigenvalue weighted by Crippen LogP contribution is 2.26. The third-order valence-electron chi connectivity index (χ3n) is 2.21. The lowest BCUT2D eigenvalue weighted by molar-refractivity contribution is -0.136. The standard InChI is InChI=1S/C12H16O3S/c1-2-3-11(12(14)15)16-10-6-4-9(8-13)5-7-10/h4-7,11,13H,2-3,8H2,1H3,(H,14,15). The number of aliphatic hydroxyl groups is 1. The highest BCUT2D eigenvalue weighted by molar-refractivity contribution is 8.00. The van der Waals surface area contributed by atoms with Gasteiger partial charge in [0.2, 0.25) is 0 Å². The van der Waals surface area contributed by atoms with Gasteiger partial charge in [-0.25, -0.2) is 0 Å². The molecule has 3 nitrogen and oxygen atoms in total. The van der Waals surface area contributed by atoms with Gasteiger partial charge >= 0.3 is 5.97 Å². The first-order chi connectivity index (χ1) is 7.67. The summed E-state index contributed by atoms with van der Waals surface area (Å²) < 4.78 is 0. The first-order valence-corrected chi connectivity index (χ1v) is 6.14. The second kappa shape index (κ2) is 6.55. The molecule has 1 atom stereocenters. The summed E-state index contributed by atoms with van der Waals surface area (Å²) in [6.07, 6.45) is 1.53. The van der Waals surface area contributed by atoms with Gasteiger partial charge in [-0.05, 0) is 24.1 Å². The van der Waals surface area contributed by atoms with Gasteiger partial charge in [0.05, 0.1) is 6.61 Å². The molecule has 2 N–H and O–H groups in total. The van der Waals surface area contributed by atoms with Gasteiger partial charge in [-0.1, -0.05) is 25.5 Å². The highest BCUT2D eigenvalue weighted by atomic mass is 32.2. The summed E-state index contributed by atoms with van der Waals surface area (Å²) >= 11 is 1.36. The maximum Gasteiger partial charge on any atom is 0.316 e. The quantitative estimate of drug-likeness (QED) is 0.750. The number of thioether (sulfide) groups is 1. The molecule has 0 aliphatic rings. The Morgan fingerprint density at radius 3 is 2.44 bits per heavy atom. The third kappa shape index (κ3) is 3.87. The van der Waals surface area contributed by atoms with Crippen LogP contribution in [0.15, 0.2) is 29.2 Å². The topological polar surface area (TPSA) is 57.5 Å². The van der Waals surface area contributed by atoms with Crippen LogP contribution in [0.5, 0.6) is 0 Å². The summed E-state index contributed by atoms with van der Waals surface area (Å²) in [5, 5.41) is 17.5. The number of aliphatic hydroxyl groups excluding tert-OH is 1. The van der Waals surface area contributed by atoms with E-state index in [9.17, 15) is 4.79 Å². The second-order valence-electron chi connectivity index (χ2n) is 3.54. The van der Waals surface area contributed by atoms with Crippen molar-refractivity contribution in [3.63, 3.8) is 0 Å². The Hall–Kier alpha value is -1.00. The van der Waals surface area contributed by atoms with Crippen LogP contribution in [0, 0.1) is 0 Å². The number of hydrogen-bond donors (Lipinski definition) is 2. The van der Waals surface area contributed by atoms with E-state index in [1.807, 2.05) is 31.2 Å². The van der Waals surface area contributed by atoms with Gasteiger partial charge in [-0.2, -0.15) is 0 Å². The van der Waals surface area contributed by atoms with Crippen molar-refractivity contribution < 1.29 is 15.0 Å². The molecule has 0 aromatic heterocycles. The van der Waals surface area contributed by atoms with E-state index in [2.05, 4.69) is 0 Å². The maximum atomic E-state index is 11.0. The number of carbonyl (C=O) groups is 1. The molecule has 4 heteroatoms. The van der Waals surface area contributed by atoms with Crippen molar-refractivity contribution in [3.05, 3.63) is 29.8 Å². The Kier molecular flexibility index (Phi) is 5.35. The number of carboxylic acids is 1. The number of carboxylic acid groups (broad SMARTS) is 1. The van der Waals surface area contributed by atoms with Gasteiger partial charge in [-0.15, -0.1) is 11.8 Å². The van der Waals surface area contributed by atoms with Crippen molar-refractivity contribution in [2.75, 3.05) is 0 Å². The minimum atomic E-state index is -0.766. The Labute approximate surface area is 99.5 Å². The number of hydrogen-bond acceptors (Lipinski definition) is 3. The van der Waals surface area contributed by atoms with Crippen LogP contribution in [0.4, 0.5) is 0 Å². The van der Waals surface area contributed by atoms with Crippen LogP contribution in [0.3, 0.4) is 0 Å². The summed E-state index contributed by atoms with van der Waals surface area (Å²) in [7, 11) is 0. The molecule has 1 unspecified atom stereocenters. The van der Waals surface area contributed by atoms with Crippen LogP contribution in [0.2, 0.25) is 0 Å². The summed E-state index contributed by atoms with van der Waals surface area (Å²) in [6, 6.07) is 7.32. The molecular weight excluding hydrogens is 224 g/mol. The molecule has 0 fully saturated rings. The van der Waals surface area contributed by atoms with Gasteiger partial charge < -0.3 is 10.2 Å². The molecular formula is C12H16O3S.